The van der Waals surface area contributed by atoms with Crippen molar-refractivity contribution in [3.8, 4) is 0 Å². The maximum absolute atomic E-state index is 12.5. The first-order valence-electron chi connectivity index (χ1n) is 10.2. The SMILES string of the molecule is CCCC(=O)Nc1ccc(C(=O)COC(=O)c2ccccc2NC(=O)Cn2cnnn2)cc1. The highest BCUT2D eigenvalue weighted by Crippen LogP contribution is 2.17. The topological polar surface area (TPSA) is 145 Å². The second kappa shape index (κ2) is 11.3. The van der Waals surface area contributed by atoms with Crippen molar-refractivity contribution in [2.75, 3.05) is 17.2 Å². The Kier molecular flexibility index (Phi) is 7.95. The van der Waals surface area contributed by atoms with E-state index in [1.807, 2.05) is 6.92 Å². The van der Waals surface area contributed by atoms with Gasteiger partial charge in [-0.15, -0.1) is 5.10 Å². The molecule has 2 aromatic carbocycles. The van der Waals surface area contributed by atoms with Crippen LogP contribution in [0.2, 0.25) is 0 Å². The van der Waals surface area contributed by atoms with E-state index in [4.69, 9.17) is 4.74 Å². The number of para-hydroxylation sites is 1. The van der Waals surface area contributed by atoms with Gasteiger partial charge < -0.3 is 15.4 Å². The molecule has 0 spiro atoms. The highest BCUT2D eigenvalue weighted by atomic mass is 16.5. The van der Waals surface area contributed by atoms with Gasteiger partial charge in [-0.1, -0.05) is 19.1 Å². The van der Waals surface area contributed by atoms with Crippen LogP contribution >= 0.6 is 0 Å². The lowest BCUT2D eigenvalue weighted by molar-refractivity contribution is -0.117. The summed E-state index contributed by atoms with van der Waals surface area (Å²) in [6, 6.07) is 12.6. The molecule has 1 aromatic heterocycles. The Morgan fingerprint density at radius 3 is 2.42 bits per heavy atom. The maximum Gasteiger partial charge on any atom is 0.340 e. The smallest absolute Gasteiger partial charge is 0.340 e. The lowest BCUT2D eigenvalue weighted by Gasteiger charge is -2.11. The molecule has 0 aliphatic heterocycles. The van der Waals surface area contributed by atoms with Crippen LogP contribution < -0.4 is 10.6 Å². The van der Waals surface area contributed by atoms with Crippen LogP contribution in [-0.2, 0) is 20.9 Å². The van der Waals surface area contributed by atoms with Crippen LogP contribution in [0.4, 0.5) is 11.4 Å². The van der Waals surface area contributed by atoms with Gasteiger partial charge in [0.2, 0.25) is 11.8 Å². The summed E-state index contributed by atoms with van der Waals surface area (Å²) in [6.07, 6.45) is 2.44. The number of hydrogen-bond donors (Lipinski definition) is 2. The standard InChI is InChI=1S/C22H22N6O5/c1-2-5-20(30)24-16-10-8-15(9-11-16)19(29)13-33-22(32)17-6-3-4-7-18(17)25-21(31)12-28-14-23-26-27-28/h3-4,6-11,14H,2,5,12-13H2,1H3,(H,24,30)(H,25,31). The quantitative estimate of drug-likeness (QED) is 0.353. The third-order valence-corrected chi connectivity index (χ3v) is 4.42. The van der Waals surface area contributed by atoms with E-state index in [9.17, 15) is 19.2 Å². The molecule has 2 N–H and O–H groups in total. The van der Waals surface area contributed by atoms with Crippen molar-refractivity contribution >= 4 is 34.9 Å². The zero-order valence-electron chi connectivity index (χ0n) is 17.9. The van der Waals surface area contributed by atoms with Crippen LogP contribution in [0.1, 0.15) is 40.5 Å². The number of carbonyl (C=O) groups is 4. The van der Waals surface area contributed by atoms with Gasteiger partial charge in [-0.05, 0) is 53.2 Å². The molecule has 1 heterocycles. The van der Waals surface area contributed by atoms with E-state index in [1.165, 1.54) is 17.1 Å². The van der Waals surface area contributed by atoms with Crippen molar-refractivity contribution in [3.63, 3.8) is 0 Å². The van der Waals surface area contributed by atoms with Crippen molar-refractivity contribution < 1.29 is 23.9 Å². The Labute approximate surface area is 189 Å². The molecule has 0 aliphatic rings. The lowest BCUT2D eigenvalue weighted by atomic mass is 10.1. The van der Waals surface area contributed by atoms with Gasteiger partial charge in [0.05, 0.1) is 11.3 Å². The Hall–Kier alpha value is -4.41. The number of nitrogens with one attached hydrogen (secondary N) is 2. The number of ketones is 1. The molecule has 3 rings (SSSR count). The number of tetrazole rings is 1. The van der Waals surface area contributed by atoms with Gasteiger partial charge in [0.25, 0.3) is 0 Å². The molecule has 11 nitrogen and oxygen atoms in total. The summed E-state index contributed by atoms with van der Waals surface area (Å²) in [5.74, 6) is -1.71. The molecule has 2 amide bonds. The third kappa shape index (κ3) is 6.79. The Balaban J connectivity index is 1.56. The average Bonchev–Trinajstić information content (AvgIpc) is 3.31. The number of anilines is 2. The second-order valence-corrected chi connectivity index (χ2v) is 6.98. The van der Waals surface area contributed by atoms with Crippen LogP contribution in [0, 0.1) is 0 Å². The molecular formula is C22H22N6O5. The molecule has 0 saturated carbocycles. The summed E-state index contributed by atoms with van der Waals surface area (Å²) in [6.45, 7) is 1.29. The van der Waals surface area contributed by atoms with Gasteiger partial charge in [0, 0.05) is 17.7 Å². The van der Waals surface area contributed by atoms with E-state index < -0.39 is 24.3 Å². The van der Waals surface area contributed by atoms with Gasteiger partial charge in [0.15, 0.2) is 12.4 Å². The number of nitrogens with zero attached hydrogens (tertiary/aromatic N) is 4. The van der Waals surface area contributed by atoms with Gasteiger partial charge >= 0.3 is 5.97 Å². The molecule has 3 aromatic rings. The van der Waals surface area contributed by atoms with Crippen LogP contribution in [0.25, 0.3) is 0 Å². The number of ether oxygens (including phenoxy) is 1. The minimum atomic E-state index is -0.759. The minimum absolute atomic E-state index is 0.101. The molecule has 11 heteroatoms. The fraction of sp³-hybridized carbons (Fsp3) is 0.227. The van der Waals surface area contributed by atoms with Gasteiger partial charge in [-0.3, -0.25) is 14.4 Å². The number of aromatic nitrogens is 4. The molecule has 0 radical (unpaired) electrons. The molecule has 0 fully saturated rings. The lowest BCUT2D eigenvalue weighted by Crippen LogP contribution is -2.21. The number of amides is 2. The van der Waals surface area contributed by atoms with Crippen molar-refractivity contribution in [3.05, 3.63) is 66.0 Å². The predicted molar refractivity (Wildman–Crippen MR) is 117 cm³/mol. The van der Waals surface area contributed by atoms with Crippen LogP contribution in [0.15, 0.2) is 54.9 Å². The number of hydrogen-bond acceptors (Lipinski definition) is 8. The Bertz CT molecular complexity index is 1130. The molecule has 0 saturated heterocycles. The first-order valence-corrected chi connectivity index (χ1v) is 10.2. The summed E-state index contributed by atoms with van der Waals surface area (Å²) in [5.41, 5.74) is 1.25. The summed E-state index contributed by atoms with van der Waals surface area (Å²) in [4.78, 5) is 48.7. The van der Waals surface area contributed by atoms with Crippen LogP contribution in [0.3, 0.4) is 0 Å². The molecule has 0 bridgehead atoms. The molecule has 0 aliphatic carbocycles. The second-order valence-electron chi connectivity index (χ2n) is 6.98. The van der Waals surface area contributed by atoms with Gasteiger partial charge in [-0.25, -0.2) is 9.48 Å². The molecule has 0 unspecified atom stereocenters. The maximum atomic E-state index is 12.5. The van der Waals surface area contributed by atoms with E-state index in [0.29, 0.717) is 17.7 Å². The number of Topliss-reactive ketones (excluding diaryl/α,β-unsaturated/α-hetero) is 1. The molecule has 170 valence electrons. The van der Waals surface area contributed by atoms with Gasteiger partial charge in [-0.2, -0.15) is 0 Å². The molecular weight excluding hydrogens is 428 g/mol. The summed E-state index contributed by atoms with van der Waals surface area (Å²) in [5, 5.41) is 15.8. The van der Waals surface area contributed by atoms with E-state index in [-0.39, 0.29) is 23.7 Å². The van der Waals surface area contributed by atoms with Crippen molar-refractivity contribution in [1.29, 1.82) is 0 Å². The first-order chi connectivity index (χ1) is 16.0. The summed E-state index contributed by atoms with van der Waals surface area (Å²) < 4.78 is 6.38. The predicted octanol–water partition coefficient (Wildman–Crippen LogP) is 2.09. The number of carbonyl (C=O) groups excluding carboxylic acids is 4. The highest BCUT2D eigenvalue weighted by Gasteiger charge is 2.17. The third-order valence-electron chi connectivity index (χ3n) is 4.42. The average molecular weight is 450 g/mol. The summed E-state index contributed by atoms with van der Waals surface area (Å²) >= 11 is 0. The highest BCUT2D eigenvalue weighted by molar-refractivity contribution is 6.03. The normalized spacial score (nSPS) is 10.3. The fourth-order valence-electron chi connectivity index (χ4n) is 2.84. The van der Waals surface area contributed by atoms with Crippen molar-refractivity contribution in [1.82, 2.24) is 20.2 Å². The zero-order valence-corrected chi connectivity index (χ0v) is 17.9. The monoisotopic (exact) mass is 450 g/mol. The largest absolute Gasteiger partial charge is 0.454 e. The van der Waals surface area contributed by atoms with E-state index in [0.717, 1.165) is 6.42 Å². The fourth-order valence-corrected chi connectivity index (χ4v) is 2.84. The Morgan fingerprint density at radius 2 is 1.73 bits per heavy atom. The number of benzene rings is 2. The van der Waals surface area contributed by atoms with Crippen molar-refractivity contribution in [2.24, 2.45) is 0 Å². The minimum Gasteiger partial charge on any atom is -0.454 e. The molecule has 0 atom stereocenters. The number of esters is 1. The number of rotatable bonds is 10. The first kappa shape index (κ1) is 23.3. The zero-order chi connectivity index (χ0) is 23.6. The van der Waals surface area contributed by atoms with E-state index >= 15 is 0 Å². The van der Waals surface area contributed by atoms with Crippen molar-refractivity contribution in [2.45, 2.75) is 26.3 Å². The van der Waals surface area contributed by atoms with Crippen LogP contribution in [0.5, 0.6) is 0 Å². The van der Waals surface area contributed by atoms with E-state index in [2.05, 4.69) is 26.2 Å². The summed E-state index contributed by atoms with van der Waals surface area (Å²) in [7, 11) is 0. The molecule has 33 heavy (non-hydrogen) atoms. The van der Waals surface area contributed by atoms with Crippen LogP contribution in [-0.4, -0.2) is 50.4 Å². The Morgan fingerprint density at radius 1 is 0.970 bits per heavy atom. The van der Waals surface area contributed by atoms with Gasteiger partial charge in [0.1, 0.15) is 12.9 Å². The van der Waals surface area contributed by atoms with E-state index in [1.54, 1.807) is 42.5 Å².